The van der Waals surface area contributed by atoms with Gasteiger partial charge in [0.05, 0.1) is 5.69 Å². The number of benzene rings is 1. The number of anilines is 1. The second-order valence-electron chi connectivity index (χ2n) is 5.62. The maximum absolute atomic E-state index is 4.23. The highest BCUT2D eigenvalue weighted by Crippen LogP contribution is 2.18. The van der Waals surface area contributed by atoms with Gasteiger partial charge >= 0.3 is 0 Å². The first-order valence-corrected chi connectivity index (χ1v) is 8.66. The summed E-state index contributed by atoms with van der Waals surface area (Å²) in [5.74, 6) is 0.825. The van der Waals surface area contributed by atoms with Crippen molar-refractivity contribution in [1.82, 2.24) is 25.1 Å². The van der Waals surface area contributed by atoms with Crippen LogP contribution in [0.1, 0.15) is 5.56 Å². The Labute approximate surface area is 139 Å². The fraction of sp³-hybridized carbons (Fsp3) is 0.312. The number of nitrogens with zero attached hydrogens (tertiary/aromatic N) is 6. The van der Waals surface area contributed by atoms with E-state index in [9.17, 15) is 0 Å². The lowest BCUT2D eigenvalue weighted by atomic mass is 10.2. The van der Waals surface area contributed by atoms with Crippen LogP contribution in [0.3, 0.4) is 0 Å². The SMILES string of the molecule is c1ccc(-n2nnnc2N2CCN(Cc3ccsc3)CC2)cc1. The van der Waals surface area contributed by atoms with Crippen LogP contribution in [0.15, 0.2) is 47.2 Å². The molecule has 0 radical (unpaired) electrons. The van der Waals surface area contributed by atoms with Gasteiger partial charge in [0.25, 0.3) is 0 Å². The fourth-order valence-electron chi connectivity index (χ4n) is 2.86. The van der Waals surface area contributed by atoms with Gasteiger partial charge in [-0.1, -0.05) is 23.3 Å². The Morgan fingerprint density at radius 1 is 1.00 bits per heavy atom. The number of para-hydroxylation sites is 1. The molecule has 1 fully saturated rings. The quantitative estimate of drug-likeness (QED) is 0.734. The molecule has 3 aromatic rings. The van der Waals surface area contributed by atoms with Gasteiger partial charge in [-0.25, -0.2) is 0 Å². The van der Waals surface area contributed by atoms with Gasteiger partial charge in [0.15, 0.2) is 0 Å². The number of piperazine rings is 1. The molecular formula is C16H18N6S. The van der Waals surface area contributed by atoms with Crippen LogP contribution in [0.5, 0.6) is 0 Å². The first-order chi connectivity index (χ1) is 11.4. The zero-order valence-corrected chi connectivity index (χ0v) is 13.6. The maximum Gasteiger partial charge on any atom is 0.250 e. The maximum atomic E-state index is 4.23. The van der Waals surface area contributed by atoms with E-state index in [2.05, 4.69) is 42.2 Å². The highest BCUT2D eigenvalue weighted by molar-refractivity contribution is 7.07. The topological polar surface area (TPSA) is 50.1 Å². The molecule has 3 heterocycles. The Kier molecular flexibility index (Phi) is 4.04. The summed E-state index contributed by atoms with van der Waals surface area (Å²) in [6.45, 7) is 4.96. The minimum atomic E-state index is 0.825. The Morgan fingerprint density at radius 3 is 2.57 bits per heavy atom. The molecule has 0 amide bonds. The van der Waals surface area contributed by atoms with E-state index >= 15 is 0 Å². The number of thiophene rings is 1. The van der Waals surface area contributed by atoms with Crippen molar-refractivity contribution in [3.63, 3.8) is 0 Å². The molecule has 1 aliphatic rings. The van der Waals surface area contributed by atoms with Crippen LogP contribution >= 0.6 is 11.3 Å². The molecule has 0 bridgehead atoms. The Morgan fingerprint density at radius 2 is 1.83 bits per heavy atom. The minimum absolute atomic E-state index is 0.825. The van der Waals surface area contributed by atoms with Crippen molar-refractivity contribution in [2.75, 3.05) is 31.1 Å². The predicted molar refractivity (Wildman–Crippen MR) is 91.0 cm³/mol. The largest absolute Gasteiger partial charge is 0.337 e. The normalized spacial score (nSPS) is 15.9. The summed E-state index contributed by atoms with van der Waals surface area (Å²) in [4.78, 5) is 4.74. The third-order valence-corrected chi connectivity index (χ3v) is 4.83. The molecule has 0 unspecified atom stereocenters. The summed E-state index contributed by atoms with van der Waals surface area (Å²) in [6, 6.07) is 12.2. The number of rotatable bonds is 4. The van der Waals surface area contributed by atoms with Crippen molar-refractivity contribution in [3.05, 3.63) is 52.7 Å². The summed E-state index contributed by atoms with van der Waals surface area (Å²) >= 11 is 1.76. The predicted octanol–water partition coefficient (Wildman–Crippen LogP) is 2.05. The number of aromatic nitrogens is 4. The van der Waals surface area contributed by atoms with Crippen molar-refractivity contribution >= 4 is 17.3 Å². The Hall–Kier alpha value is -2.25. The van der Waals surface area contributed by atoms with Gasteiger partial charge in [-0.15, -0.1) is 0 Å². The molecule has 6 nitrogen and oxygen atoms in total. The molecule has 0 saturated carbocycles. The van der Waals surface area contributed by atoms with Crippen LogP contribution in [-0.2, 0) is 6.54 Å². The number of hydrogen-bond acceptors (Lipinski definition) is 6. The number of tetrazole rings is 1. The van der Waals surface area contributed by atoms with Gasteiger partial charge in [-0.05, 0) is 44.9 Å². The van der Waals surface area contributed by atoms with E-state index in [0.717, 1.165) is 44.4 Å². The average molecular weight is 326 g/mol. The molecule has 1 saturated heterocycles. The van der Waals surface area contributed by atoms with Crippen molar-refractivity contribution in [2.45, 2.75) is 6.54 Å². The highest BCUT2D eigenvalue weighted by Gasteiger charge is 2.22. The standard InChI is InChI=1S/C16H18N6S/c1-2-4-15(5-3-1)22-16(17-18-19-22)21-9-7-20(8-10-21)12-14-6-11-23-13-14/h1-6,11,13H,7-10,12H2. The van der Waals surface area contributed by atoms with Crippen LogP contribution in [0.25, 0.3) is 5.69 Å². The molecule has 0 atom stereocenters. The summed E-state index contributed by atoms with van der Waals surface area (Å²) in [7, 11) is 0. The molecule has 0 spiro atoms. The molecule has 118 valence electrons. The van der Waals surface area contributed by atoms with Crippen LogP contribution in [0, 0.1) is 0 Å². The van der Waals surface area contributed by atoms with E-state index in [1.165, 1.54) is 5.56 Å². The zero-order chi connectivity index (χ0) is 15.5. The van der Waals surface area contributed by atoms with Crippen LogP contribution in [0.2, 0.25) is 0 Å². The molecular weight excluding hydrogens is 308 g/mol. The first kappa shape index (κ1) is 14.3. The van der Waals surface area contributed by atoms with Crippen LogP contribution < -0.4 is 4.90 Å². The van der Waals surface area contributed by atoms with Gasteiger partial charge in [0.2, 0.25) is 5.95 Å². The van der Waals surface area contributed by atoms with Crippen LogP contribution in [-0.4, -0.2) is 51.3 Å². The monoisotopic (exact) mass is 326 g/mol. The summed E-state index contributed by atoms with van der Waals surface area (Å²) in [5, 5.41) is 16.6. The lowest BCUT2D eigenvalue weighted by Crippen LogP contribution is -2.46. The third kappa shape index (κ3) is 3.11. The average Bonchev–Trinajstić information content (AvgIpc) is 3.28. The molecule has 1 aliphatic heterocycles. The van der Waals surface area contributed by atoms with Gasteiger partial charge < -0.3 is 4.90 Å². The lowest BCUT2D eigenvalue weighted by molar-refractivity contribution is 0.248. The minimum Gasteiger partial charge on any atom is -0.337 e. The van der Waals surface area contributed by atoms with Gasteiger partial charge in [0, 0.05) is 32.7 Å². The van der Waals surface area contributed by atoms with Crippen molar-refractivity contribution in [3.8, 4) is 5.69 Å². The van der Waals surface area contributed by atoms with Crippen molar-refractivity contribution < 1.29 is 0 Å². The molecule has 4 rings (SSSR count). The van der Waals surface area contributed by atoms with E-state index in [-0.39, 0.29) is 0 Å². The molecule has 0 N–H and O–H groups in total. The summed E-state index contributed by atoms with van der Waals surface area (Å²) in [6.07, 6.45) is 0. The van der Waals surface area contributed by atoms with E-state index in [4.69, 9.17) is 0 Å². The first-order valence-electron chi connectivity index (χ1n) is 7.72. The van der Waals surface area contributed by atoms with Gasteiger partial charge in [0.1, 0.15) is 0 Å². The highest BCUT2D eigenvalue weighted by atomic mass is 32.1. The van der Waals surface area contributed by atoms with E-state index in [1.54, 1.807) is 11.3 Å². The Balaban J connectivity index is 1.44. The van der Waals surface area contributed by atoms with Gasteiger partial charge in [-0.3, -0.25) is 4.90 Å². The Bertz CT molecular complexity index is 731. The van der Waals surface area contributed by atoms with Crippen LogP contribution in [0.4, 0.5) is 5.95 Å². The molecule has 0 aliphatic carbocycles. The molecule has 1 aromatic carbocycles. The zero-order valence-electron chi connectivity index (χ0n) is 12.7. The van der Waals surface area contributed by atoms with E-state index in [0.29, 0.717) is 0 Å². The number of hydrogen-bond donors (Lipinski definition) is 0. The van der Waals surface area contributed by atoms with E-state index < -0.39 is 0 Å². The lowest BCUT2D eigenvalue weighted by Gasteiger charge is -2.34. The summed E-state index contributed by atoms with van der Waals surface area (Å²) in [5.41, 5.74) is 2.39. The third-order valence-electron chi connectivity index (χ3n) is 4.10. The second-order valence-corrected chi connectivity index (χ2v) is 6.40. The second kappa shape index (κ2) is 6.47. The van der Waals surface area contributed by atoms with Gasteiger partial charge in [-0.2, -0.15) is 16.0 Å². The fourth-order valence-corrected chi connectivity index (χ4v) is 3.52. The molecule has 2 aromatic heterocycles. The van der Waals surface area contributed by atoms with Crippen molar-refractivity contribution in [1.29, 1.82) is 0 Å². The molecule has 7 heteroatoms. The molecule has 23 heavy (non-hydrogen) atoms. The van der Waals surface area contributed by atoms with E-state index in [1.807, 2.05) is 35.0 Å². The smallest absolute Gasteiger partial charge is 0.250 e. The summed E-state index contributed by atoms with van der Waals surface area (Å²) < 4.78 is 1.81. The van der Waals surface area contributed by atoms with Crippen molar-refractivity contribution in [2.24, 2.45) is 0 Å².